The van der Waals surface area contributed by atoms with Crippen LogP contribution in [0.25, 0.3) is 0 Å². The monoisotopic (exact) mass is 430 g/mol. The quantitative estimate of drug-likeness (QED) is 0.613. The molecule has 0 aliphatic rings. The zero-order chi connectivity index (χ0) is 21.2. The number of aryl methyl sites for hydroxylation is 3. The van der Waals surface area contributed by atoms with Crippen LogP contribution in [0.15, 0.2) is 76.5 Å². The normalized spacial score (nSPS) is 11.8. The molecule has 0 aromatic heterocycles. The average Bonchev–Trinajstić information content (AvgIpc) is 2.63. The first-order valence-corrected chi connectivity index (χ1v) is 11.8. The van der Waals surface area contributed by atoms with Crippen LogP contribution < -0.4 is 9.44 Å². The van der Waals surface area contributed by atoms with E-state index in [0.717, 1.165) is 11.1 Å². The van der Waals surface area contributed by atoms with Crippen molar-refractivity contribution in [1.82, 2.24) is 0 Å². The Bertz CT molecular complexity index is 1250. The minimum Gasteiger partial charge on any atom is -0.280 e. The van der Waals surface area contributed by atoms with Gasteiger partial charge in [0, 0.05) is 5.69 Å². The van der Waals surface area contributed by atoms with Gasteiger partial charge in [0.15, 0.2) is 0 Å². The summed E-state index contributed by atoms with van der Waals surface area (Å²) >= 11 is 0. The van der Waals surface area contributed by atoms with Gasteiger partial charge in [0.25, 0.3) is 20.0 Å². The van der Waals surface area contributed by atoms with E-state index in [1.54, 1.807) is 43.3 Å². The molecule has 3 rings (SSSR count). The molecule has 3 aromatic carbocycles. The highest BCUT2D eigenvalue weighted by molar-refractivity contribution is 7.93. The van der Waals surface area contributed by atoms with Crippen molar-refractivity contribution in [1.29, 1.82) is 0 Å². The number of hydrogen-bond donors (Lipinski definition) is 2. The molecule has 0 aliphatic carbocycles. The second-order valence-electron chi connectivity index (χ2n) is 6.87. The molecule has 152 valence electrons. The van der Waals surface area contributed by atoms with Crippen molar-refractivity contribution in [2.45, 2.75) is 30.6 Å². The Hall–Kier alpha value is -2.84. The summed E-state index contributed by atoms with van der Waals surface area (Å²) in [6.45, 7) is 5.43. The molecule has 0 amide bonds. The van der Waals surface area contributed by atoms with E-state index >= 15 is 0 Å². The molecule has 0 radical (unpaired) electrons. The van der Waals surface area contributed by atoms with Gasteiger partial charge in [0.2, 0.25) is 0 Å². The summed E-state index contributed by atoms with van der Waals surface area (Å²) < 4.78 is 55.9. The Morgan fingerprint density at radius 3 is 1.90 bits per heavy atom. The molecule has 0 saturated carbocycles. The number of benzene rings is 3. The van der Waals surface area contributed by atoms with E-state index in [4.69, 9.17) is 0 Å². The molecule has 8 heteroatoms. The van der Waals surface area contributed by atoms with Gasteiger partial charge in [-0.05, 0) is 68.3 Å². The first-order chi connectivity index (χ1) is 13.6. The molecular weight excluding hydrogens is 408 g/mol. The Morgan fingerprint density at radius 2 is 1.24 bits per heavy atom. The minimum atomic E-state index is -3.88. The third-order valence-corrected chi connectivity index (χ3v) is 7.13. The lowest BCUT2D eigenvalue weighted by atomic mass is 10.2. The van der Waals surface area contributed by atoms with Crippen LogP contribution in [-0.2, 0) is 20.0 Å². The first kappa shape index (κ1) is 20.9. The van der Waals surface area contributed by atoms with E-state index in [-0.39, 0.29) is 15.5 Å². The SMILES string of the molecule is Cc1ccc(S(=O)(=O)Nc2cc(S(=O)(=O)Nc3cccc(C)c3)ccc2C)cc1. The summed E-state index contributed by atoms with van der Waals surface area (Å²) in [5, 5.41) is 0. The number of hydrogen-bond acceptors (Lipinski definition) is 4. The van der Waals surface area contributed by atoms with Crippen LogP contribution in [0.2, 0.25) is 0 Å². The van der Waals surface area contributed by atoms with Gasteiger partial charge in [-0.15, -0.1) is 0 Å². The Labute approximate surface area is 171 Å². The highest BCUT2D eigenvalue weighted by Gasteiger charge is 2.19. The zero-order valence-corrected chi connectivity index (χ0v) is 17.9. The summed E-state index contributed by atoms with van der Waals surface area (Å²) in [5.74, 6) is 0. The first-order valence-electron chi connectivity index (χ1n) is 8.86. The van der Waals surface area contributed by atoms with E-state index in [2.05, 4.69) is 9.44 Å². The van der Waals surface area contributed by atoms with Crippen LogP contribution in [-0.4, -0.2) is 16.8 Å². The maximum Gasteiger partial charge on any atom is 0.261 e. The van der Waals surface area contributed by atoms with E-state index in [1.165, 1.54) is 24.3 Å². The Kier molecular flexibility index (Phi) is 5.68. The second kappa shape index (κ2) is 7.88. The van der Waals surface area contributed by atoms with E-state index in [9.17, 15) is 16.8 Å². The summed E-state index contributed by atoms with van der Waals surface area (Å²) in [4.78, 5) is 0.0693. The van der Waals surface area contributed by atoms with Crippen molar-refractivity contribution in [3.8, 4) is 0 Å². The molecule has 0 aliphatic heterocycles. The highest BCUT2D eigenvalue weighted by atomic mass is 32.2. The number of sulfonamides is 2. The van der Waals surface area contributed by atoms with Gasteiger partial charge in [0.1, 0.15) is 0 Å². The van der Waals surface area contributed by atoms with Crippen LogP contribution in [0.4, 0.5) is 11.4 Å². The summed E-state index contributed by atoms with van der Waals surface area (Å²) in [5.41, 5.74) is 3.11. The largest absolute Gasteiger partial charge is 0.280 e. The lowest BCUT2D eigenvalue weighted by molar-refractivity contribution is 0.598. The molecule has 0 unspecified atom stereocenters. The highest BCUT2D eigenvalue weighted by Crippen LogP contribution is 2.25. The standard InChI is InChI=1S/C21H22N2O4S2/c1-15-7-10-19(11-8-15)28(24,25)23-21-14-20(12-9-17(21)3)29(26,27)22-18-6-4-5-16(2)13-18/h4-14,22-23H,1-3H3. The number of nitrogens with one attached hydrogen (secondary N) is 2. The molecule has 0 spiro atoms. The maximum absolute atomic E-state index is 12.8. The van der Waals surface area contributed by atoms with Crippen molar-refractivity contribution in [3.05, 3.63) is 83.4 Å². The lowest BCUT2D eigenvalue weighted by Crippen LogP contribution is -2.16. The van der Waals surface area contributed by atoms with Crippen LogP contribution in [0.3, 0.4) is 0 Å². The predicted octanol–water partition coefficient (Wildman–Crippen LogP) is 4.21. The summed E-state index contributed by atoms with van der Waals surface area (Å²) in [6.07, 6.45) is 0. The third kappa shape index (κ3) is 4.96. The molecule has 0 saturated heterocycles. The Morgan fingerprint density at radius 1 is 0.621 bits per heavy atom. The zero-order valence-electron chi connectivity index (χ0n) is 16.3. The molecule has 0 fully saturated rings. The molecule has 6 nitrogen and oxygen atoms in total. The van der Waals surface area contributed by atoms with E-state index in [0.29, 0.717) is 11.3 Å². The van der Waals surface area contributed by atoms with Crippen molar-refractivity contribution in [3.63, 3.8) is 0 Å². The maximum atomic E-state index is 12.8. The molecule has 2 N–H and O–H groups in total. The van der Waals surface area contributed by atoms with Gasteiger partial charge >= 0.3 is 0 Å². The van der Waals surface area contributed by atoms with Crippen molar-refractivity contribution in [2.75, 3.05) is 9.44 Å². The predicted molar refractivity (Wildman–Crippen MR) is 115 cm³/mol. The van der Waals surface area contributed by atoms with Crippen LogP contribution in [0, 0.1) is 20.8 Å². The molecule has 29 heavy (non-hydrogen) atoms. The topological polar surface area (TPSA) is 92.3 Å². The van der Waals surface area contributed by atoms with Gasteiger partial charge in [0.05, 0.1) is 15.5 Å². The fraction of sp³-hybridized carbons (Fsp3) is 0.143. The third-order valence-electron chi connectivity index (χ3n) is 4.37. The molecule has 0 atom stereocenters. The van der Waals surface area contributed by atoms with Crippen LogP contribution in [0.5, 0.6) is 0 Å². The van der Waals surface area contributed by atoms with Crippen LogP contribution in [0.1, 0.15) is 16.7 Å². The number of anilines is 2. The fourth-order valence-electron chi connectivity index (χ4n) is 2.72. The fourth-order valence-corrected chi connectivity index (χ4v) is 4.92. The molecular formula is C21H22N2O4S2. The molecule has 0 bridgehead atoms. The van der Waals surface area contributed by atoms with E-state index in [1.807, 2.05) is 19.9 Å². The molecule has 0 heterocycles. The van der Waals surface area contributed by atoms with Crippen molar-refractivity contribution in [2.24, 2.45) is 0 Å². The van der Waals surface area contributed by atoms with Crippen molar-refractivity contribution >= 4 is 31.4 Å². The van der Waals surface area contributed by atoms with Crippen LogP contribution >= 0.6 is 0 Å². The van der Waals surface area contributed by atoms with Gasteiger partial charge in [-0.3, -0.25) is 9.44 Å². The Balaban J connectivity index is 1.92. The summed E-state index contributed by atoms with van der Waals surface area (Å²) in [7, 11) is -7.72. The van der Waals surface area contributed by atoms with Gasteiger partial charge in [-0.25, -0.2) is 16.8 Å². The van der Waals surface area contributed by atoms with E-state index < -0.39 is 20.0 Å². The summed E-state index contributed by atoms with van der Waals surface area (Å²) in [6, 6.07) is 17.7. The molecule has 3 aromatic rings. The van der Waals surface area contributed by atoms with Gasteiger partial charge in [-0.1, -0.05) is 35.9 Å². The second-order valence-corrected chi connectivity index (χ2v) is 10.2. The van der Waals surface area contributed by atoms with Crippen molar-refractivity contribution < 1.29 is 16.8 Å². The minimum absolute atomic E-state index is 0.0359. The average molecular weight is 431 g/mol. The number of rotatable bonds is 6. The van der Waals surface area contributed by atoms with Gasteiger partial charge in [-0.2, -0.15) is 0 Å². The van der Waals surface area contributed by atoms with Gasteiger partial charge < -0.3 is 0 Å². The lowest BCUT2D eigenvalue weighted by Gasteiger charge is -2.14. The smallest absolute Gasteiger partial charge is 0.261 e.